The van der Waals surface area contributed by atoms with Crippen LogP contribution in [0.25, 0.3) is 0 Å². The van der Waals surface area contributed by atoms with Crippen LogP contribution in [0.3, 0.4) is 0 Å². The van der Waals surface area contributed by atoms with Crippen LogP contribution in [0.4, 0.5) is 5.69 Å². The second-order valence-corrected chi connectivity index (χ2v) is 4.85. The fraction of sp³-hybridized carbons (Fsp3) is 0.500. The molecular formula is C14H17NO4. The van der Waals surface area contributed by atoms with Crippen molar-refractivity contribution in [1.82, 2.24) is 0 Å². The summed E-state index contributed by atoms with van der Waals surface area (Å²) >= 11 is 0. The third-order valence-electron chi connectivity index (χ3n) is 4.11. The first-order valence-electron chi connectivity index (χ1n) is 6.48. The predicted octanol–water partition coefficient (Wildman–Crippen LogP) is 3.12. The van der Waals surface area contributed by atoms with Gasteiger partial charge in [0, 0.05) is 12.5 Å². The van der Waals surface area contributed by atoms with Crippen molar-refractivity contribution in [2.45, 2.75) is 39.2 Å². The van der Waals surface area contributed by atoms with E-state index < -0.39 is 10.3 Å². The molecule has 1 unspecified atom stereocenters. The first kappa shape index (κ1) is 13.5. The molecule has 1 saturated carbocycles. The van der Waals surface area contributed by atoms with Gasteiger partial charge in [0.15, 0.2) is 0 Å². The molecule has 0 heterocycles. The van der Waals surface area contributed by atoms with Crippen molar-refractivity contribution in [2.24, 2.45) is 5.41 Å². The van der Waals surface area contributed by atoms with E-state index in [-0.39, 0.29) is 17.6 Å². The highest BCUT2D eigenvalue weighted by molar-refractivity contribution is 5.92. The molecule has 0 N–H and O–H groups in total. The molecular weight excluding hydrogens is 246 g/mol. The van der Waals surface area contributed by atoms with Crippen LogP contribution in [0.2, 0.25) is 0 Å². The van der Waals surface area contributed by atoms with Gasteiger partial charge < -0.3 is 4.74 Å². The molecule has 0 aromatic heterocycles. The lowest BCUT2D eigenvalue weighted by atomic mass is 9.61. The largest absolute Gasteiger partial charge is 0.489 e. The monoisotopic (exact) mass is 263 g/mol. The second-order valence-electron chi connectivity index (χ2n) is 4.85. The van der Waals surface area contributed by atoms with Crippen LogP contribution in [0.1, 0.15) is 33.1 Å². The fourth-order valence-corrected chi connectivity index (χ4v) is 2.70. The summed E-state index contributed by atoms with van der Waals surface area (Å²) in [5, 5.41) is 10.7. The molecule has 0 bridgehead atoms. The molecule has 1 atom stereocenters. The van der Waals surface area contributed by atoms with Gasteiger partial charge in [0.25, 0.3) is 5.69 Å². The molecule has 0 radical (unpaired) electrons. The van der Waals surface area contributed by atoms with Crippen LogP contribution in [0.5, 0.6) is 5.75 Å². The molecule has 1 fully saturated rings. The molecule has 1 aliphatic carbocycles. The van der Waals surface area contributed by atoms with Gasteiger partial charge in [-0.25, -0.2) is 0 Å². The number of nitro benzene ring substituents is 1. The van der Waals surface area contributed by atoms with Gasteiger partial charge in [-0.2, -0.15) is 0 Å². The lowest BCUT2D eigenvalue weighted by Crippen LogP contribution is -2.56. The maximum atomic E-state index is 11.8. The average Bonchev–Trinajstić information content (AvgIpc) is 2.40. The number of hydrogen-bond donors (Lipinski definition) is 0. The topological polar surface area (TPSA) is 69.4 Å². The lowest BCUT2D eigenvalue weighted by molar-refractivity contribution is -0.385. The third-order valence-corrected chi connectivity index (χ3v) is 4.11. The summed E-state index contributed by atoms with van der Waals surface area (Å²) in [4.78, 5) is 22.1. The van der Waals surface area contributed by atoms with E-state index in [1.807, 2.05) is 13.8 Å². The van der Waals surface area contributed by atoms with Gasteiger partial charge in [-0.15, -0.1) is 0 Å². The number of nitrogens with zero attached hydrogens (tertiary/aromatic N) is 1. The van der Waals surface area contributed by atoms with Gasteiger partial charge in [-0.05, 0) is 18.9 Å². The Balaban J connectivity index is 2.16. The minimum absolute atomic E-state index is 0.00162. The third kappa shape index (κ3) is 2.20. The Morgan fingerprint density at radius 2 is 2.11 bits per heavy atom. The number of non-ortho nitro benzene ring substituents is 1. The lowest BCUT2D eigenvalue weighted by Gasteiger charge is -2.46. The van der Waals surface area contributed by atoms with Crippen LogP contribution >= 0.6 is 0 Å². The van der Waals surface area contributed by atoms with Crippen LogP contribution in [-0.4, -0.2) is 16.8 Å². The summed E-state index contributed by atoms with van der Waals surface area (Å²) in [7, 11) is 0. The van der Waals surface area contributed by atoms with Gasteiger partial charge in [0.2, 0.25) is 0 Å². The number of nitro groups is 1. The van der Waals surface area contributed by atoms with E-state index in [9.17, 15) is 14.9 Å². The van der Waals surface area contributed by atoms with Crippen LogP contribution in [0.15, 0.2) is 24.3 Å². The van der Waals surface area contributed by atoms with Crippen molar-refractivity contribution in [3.8, 4) is 5.75 Å². The average molecular weight is 263 g/mol. The quantitative estimate of drug-likeness (QED) is 0.604. The maximum Gasteiger partial charge on any atom is 0.273 e. The number of carbonyl (C=O) groups is 1. The zero-order valence-electron chi connectivity index (χ0n) is 11.1. The van der Waals surface area contributed by atoms with E-state index in [2.05, 4.69) is 0 Å². The van der Waals surface area contributed by atoms with Crippen molar-refractivity contribution >= 4 is 11.5 Å². The Bertz CT molecular complexity index is 508. The predicted molar refractivity (Wildman–Crippen MR) is 70.2 cm³/mol. The molecule has 0 aliphatic heterocycles. The highest BCUT2D eigenvalue weighted by Crippen LogP contribution is 2.45. The number of rotatable bonds is 5. The van der Waals surface area contributed by atoms with E-state index in [1.54, 1.807) is 12.1 Å². The molecule has 5 nitrogen and oxygen atoms in total. The summed E-state index contributed by atoms with van der Waals surface area (Å²) in [5.74, 6) is 0.686. The Morgan fingerprint density at radius 1 is 1.42 bits per heavy atom. The molecule has 0 spiro atoms. The van der Waals surface area contributed by atoms with Gasteiger partial charge >= 0.3 is 0 Å². The SMILES string of the molecule is CCC1(CC)C(=O)CC1Oc1cccc([N+](=O)[O-])c1. The number of ketones is 1. The molecule has 2 rings (SSSR count). The number of benzene rings is 1. The van der Waals surface area contributed by atoms with Crippen molar-refractivity contribution in [3.05, 3.63) is 34.4 Å². The zero-order valence-corrected chi connectivity index (χ0v) is 11.1. The van der Waals surface area contributed by atoms with Crippen molar-refractivity contribution in [2.75, 3.05) is 0 Å². The van der Waals surface area contributed by atoms with Crippen LogP contribution < -0.4 is 4.74 Å². The summed E-state index contributed by atoms with van der Waals surface area (Å²) in [6.07, 6.45) is 1.70. The minimum atomic E-state index is -0.453. The molecule has 1 aromatic carbocycles. The molecule has 0 saturated heterocycles. The first-order chi connectivity index (χ1) is 9.03. The van der Waals surface area contributed by atoms with Gasteiger partial charge in [-0.3, -0.25) is 14.9 Å². The summed E-state index contributed by atoms with van der Waals surface area (Å²) < 4.78 is 5.78. The molecule has 1 aliphatic rings. The van der Waals surface area contributed by atoms with Crippen LogP contribution in [-0.2, 0) is 4.79 Å². The highest BCUT2D eigenvalue weighted by atomic mass is 16.6. The fourth-order valence-electron chi connectivity index (χ4n) is 2.70. The standard InChI is InChI=1S/C14H17NO4/c1-3-14(4-2)12(16)9-13(14)19-11-7-5-6-10(8-11)15(17)18/h5-8,13H,3-4,9H2,1-2H3. The smallest absolute Gasteiger partial charge is 0.273 e. The first-order valence-corrected chi connectivity index (χ1v) is 6.48. The van der Waals surface area contributed by atoms with Gasteiger partial charge in [0.05, 0.1) is 16.4 Å². The Labute approximate surface area is 111 Å². The van der Waals surface area contributed by atoms with Crippen molar-refractivity contribution < 1.29 is 14.5 Å². The molecule has 0 amide bonds. The normalized spacial score (nSPS) is 20.7. The molecule has 5 heteroatoms. The Morgan fingerprint density at radius 3 is 2.63 bits per heavy atom. The molecule has 19 heavy (non-hydrogen) atoms. The summed E-state index contributed by atoms with van der Waals surface area (Å²) in [5.41, 5.74) is -0.410. The van der Waals surface area contributed by atoms with Crippen molar-refractivity contribution in [1.29, 1.82) is 0 Å². The molecule has 1 aromatic rings. The Hall–Kier alpha value is -1.91. The molecule has 102 valence electrons. The number of hydrogen-bond acceptors (Lipinski definition) is 4. The second kappa shape index (κ2) is 4.99. The van der Waals surface area contributed by atoms with E-state index in [4.69, 9.17) is 4.74 Å². The van der Waals surface area contributed by atoms with E-state index in [0.29, 0.717) is 12.2 Å². The summed E-state index contributed by atoms with van der Waals surface area (Å²) in [6.45, 7) is 3.95. The Kier molecular flexibility index (Phi) is 3.55. The zero-order chi connectivity index (χ0) is 14.0. The van der Waals surface area contributed by atoms with Crippen molar-refractivity contribution in [3.63, 3.8) is 0 Å². The van der Waals surface area contributed by atoms with Gasteiger partial charge in [-0.1, -0.05) is 19.9 Å². The van der Waals surface area contributed by atoms with E-state index >= 15 is 0 Å². The number of Topliss-reactive ketones (excluding diaryl/α,β-unsaturated/α-hetero) is 1. The number of ether oxygens (including phenoxy) is 1. The summed E-state index contributed by atoms with van der Waals surface area (Å²) in [6, 6.07) is 6.10. The van der Waals surface area contributed by atoms with E-state index in [1.165, 1.54) is 12.1 Å². The highest BCUT2D eigenvalue weighted by Gasteiger charge is 2.53. The maximum absolute atomic E-state index is 11.8. The minimum Gasteiger partial charge on any atom is -0.489 e. The van der Waals surface area contributed by atoms with Crippen LogP contribution in [0, 0.1) is 15.5 Å². The number of carbonyl (C=O) groups excluding carboxylic acids is 1. The van der Waals surface area contributed by atoms with Gasteiger partial charge in [0.1, 0.15) is 17.6 Å². The van der Waals surface area contributed by atoms with E-state index in [0.717, 1.165) is 12.8 Å².